The summed E-state index contributed by atoms with van der Waals surface area (Å²) in [6, 6.07) is 9.05. The fourth-order valence-electron chi connectivity index (χ4n) is 2.48. The van der Waals surface area contributed by atoms with Crippen molar-refractivity contribution in [2.75, 3.05) is 20.8 Å². The van der Waals surface area contributed by atoms with Gasteiger partial charge in [-0.1, -0.05) is 19.1 Å². The van der Waals surface area contributed by atoms with E-state index < -0.39 is 11.6 Å². The Hall–Kier alpha value is -2.10. The van der Waals surface area contributed by atoms with Crippen LogP contribution in [0.4, 0.5) is 8.78 Å². The summed E-state index contributed by atoms with van der Waals surface area (Å²) in [6.07, 6.45) is 0. The molecule has 0 radical (unpaired) electrons. The molecule has 5 nitrogen and oxygen atoms in total. The maximum absolute atomic E-state index is 13.8. The van der Waals surface area contributed by atoms with E-state index in [0.29, 0.717) is 30.2 Å². The number of hydrogen-bond donors (Lipinski definition) is 2. The molecule has 0 aliphatic rings. The fourth-order valence-corrected chi connectivity index (χ4v) is 2.48. The molecule has 1 atom stereocenters. The standard InChI is InChI=1S/C19H23F2N3O2.HI/c1-12(15-6-5-14(20)9-16(15)21)10-23-19(22)24-11-13-4-7-17(25-2)18(8-13)26-3;/h4-9,12H,10-11H2,1-3H3,(H3,22,23,24);1H. The van der Waals surface area contributed by atoms with Crippen molar-refractivity contribution in [2.45, 2.75) is 19.4 Å². The first-order valence-electron chi connectivity index (χ1n) is 8.14. The van der Waals surface area contributed by atoms with Crippen molar-refractivity contribution in [1.29, 1.82) is 0 Å². The Kier molecular flexibility index (Phi) is 9.27. The lowest BCUT2D eigenvalue weighted by molar-refractivity contribution is 0.354. The van der Waals surface area contributed by atoms with Gasteiger partial charge in [-0.15, -0.1) is 24.0 Å². The third-order valence-electron chi connectivity index (χ3n) is 3.96. The van der Waals surface area contributed by atoms with Crippen LogP contribution in [-0.2, 0) is 6.54 Å². The van der Waals surface area contributed by atoms with E-state index in [0.717, 1.165) is 11.6 Å². The van der Waals surface area contributed by atoms with Crippen molar-refractivity contribution >= 4 is 29.9 Å². The first-order valence-corrected chi connectivity index (χ1v) is 8.14. The van der Waals surface area contributed by atoms with Crippen molar-refractivity contribution < 1.29 is 18.3 Å². The summed E-state index contributed by atoms with van der Waals surface area (Å²) in [5.74, 6) is 0.149. The summed E-state index contributed by atoms with van der Waals surface area (Å²) < 4.78 is 37.2. The number of methoxy groups -OCH3 is 2. The zero-order chi connectivity index (χ0) is 19.1. The molecule has 0 aromatic heterocycles. The van der Waals surface area contributed by atoms with Crippen LogP contribution >= 0.6 is 24.0 Å². The molecule has 2 rings (SSSR count). The Labute approximate surface area is 175 Å². The van der Waals surface area contributed by atoms with Crippen LogP contribution in [-0.4, -0.2) is 26.7 Å². The molecule has 0 amide bonds. The van der Waals surface area contributed by atoms with Crippen molar-refractivity contribution in [1.82, 2.24) is 5.32 Å². The molecular weight excluding hydrogens is 467 g/mol. The Morgan fingerprint density at radius 2 is 1.81 bits per heavy atom. The molecule has 2 aromatic carbocycles. The van der Waals surface area contributed by atoms with Gasteiger partial charge in [0.15, 0.2) is 17.5 Å². The first kappa shape index (κ1) is 22.9. The summed E-state index contributed by atoms with van der Waals surface area (Å²) >= 11 is 0. The highest BCUT2D eigenvalue weighted by Crippen LogP contribution is 2.27. The molecule has 0 spiro atoms. The van der Waals surface area contributed by atoms with Gasteiger partial charge in [-0.25, -0.2) is 13.8 Å². The summed E-state index contributed by atoms with van der Waals surface area (Å²) in [4.78, 5) is 4.26. The number of benzene rings is 2. The molecule has 1 unspecified atom stereocenters. The third kappa shape index (κ3) is 6.53. The number of rotatable bonds is 7. The van der Waals surface area contributed by atoms with Crippen molar-refractivity contribution in [3.8, 4) is 11.5 Å². The maximum atomic E-state index is 13.8. The summed E-state index contributed by atoms with van der Waals surface area (Å²) in [6.45, 7) is 2.56. The first-order chi connectivity index (χ1) is 12.4. The monoisotopic (exact) mass is 491 g/mol. The van der Waals surface area contributed by atoms with E-state index in [9.17, 15) is 8.78 Å². The van der Waals surface area contributed by atoms with Gasteiger partial charge in [0, 0.05) is 18.5 Å². The minimum absolute atomic E-state index is 0. The topological polar surface area (TPSA) is 68.9 Å². The van der Waals surface area contributed by atoms with Gasteiger partial charge in [0.25, 0.3) is 0 Å². The van der Waals surface area contributed by atoms with Gasteiger partial charge in [-0.3, -0.25) is 0 Å². The molecule has 148 valence electrons. The van der Waals surface area contributed by atoms with Crippen molar-refractivity contribution in [3.63, 3.8) is 0 Å². The molecule has 3 N–H and O–H groups in total. The average Bonchev–Trinajstić information content (AvgIpc) is 2.64. The fraction of sp³-hybridized carbons (Fsp3) is 0.316. The second kappa shape index (κ2) is 10.9. The van der Waals surface area contributed by atoms with E-state index in [1.807, 2.05) is 19.1 Å². The van der Waals surface area contributed by atoms with Crippen LogP contribution < -0.4 is 20.5 Å². The van der Waals surface area contributed by atoms with Crippen LogP contribution in [0.25, 0.3) is 0 Å². The lowest BCUT2D eigenvalue weighted by Crippen LogP contribution is -2.34. The van der Waals surface area contributed by atoms with Gasteiger partial charge in [0.05, 0.1) is 20.8 Å². The van der Waals surface area contributed by atoms with Crippen LogP contribution in [0.3, 0.4) is 0 Å². The largest absolute Gasteiger partial charge is 0.493 e. The molecule has 27 heavy (non-hydrogen) atoms. The molecule has 2 aromatic rings. The SMILES string of the molecule is COc1ccc(CN=C(N)NCC(C)c2ccc(F)cc2F)cc1OC.I. The predicted molar refractivity (Wildman–Crippen MR) is 113 cm³/mol. The van der Waals surface area contributed by atoms with E-state index in [2.05, 4.69) is 10.3 Å². The second-order valence-corrected chi connectivity index (χ2v) is 5.84. The zero-order valence-corrected chi connectivity index (χ0v) is 17.8. The molecule has 0 heterocycles. The van der Waals surface area contributed by atoms with E-state index in [-0.39, 0.29) is 35.9 Å². The molecule has 0 bridgehead atoms. The maximum Gasteiger partial charge on any atom is 0.188 e. The molecule has 0 saturated carbocycles. The number of ether oxygens (including phenoxy) is 2. The molecule has 0 aliphatic carbocycles. The number of nitrogens with one attached hydrogen (secondary N) is 1. The predicted octanol–water partition coefficient (Wildman–Crippen LogP) is 3.81. The lowest BCUT2D eigenvalue weighted by atomic mass is 10.0. The van der Waals surface area contributed by atoms with Crippen LogP contribution in [0.1, 0.15) is 24.0 Å². The van der Waals surface area contributed by atoms with E-state index in [1.54, 1.807) is 20.3 Å². The highest BCUT2D eigenvalue weighted by molar-refractivity contribution is 14.0. The second-order valence-electron chi connectivity index (χ2n) is 5.84. The van der Waals surface area contributed by atoms with Crippen LogP contribution in [0.2, 0.25) is 0 Å². The van der Waals surface area contributed by atoms with Gasteiger partial charge in [0.2, 0.25) is 0 Å². The number of nitrogens with zero attached hydrogens (tertiary/aromatic N) is 1. The number of aliphatic imine (C=N–C) groups is 1. The number of nitrogens with two attached hydrogens (primary N) is 1. The van der Waals surface area contributed by atoms with Gasteiger partial charge in [-0.2, -0.15) is 0 Å². The minimum atomic E-state index is -0.595. The lowest BCUT2D eigenvalue weighted by Gasteiger charge is -2.14. The molecule has 8 heteroatoms. The summed E-state index contributed by atoms with van der Waals surface area (Å²) in [7, 11) is 3.14. The average molecular weight is 491 g/mol. The van der Waals surface area contributed by atoms with E-state index in [1.165, 1.54) is 12.1 Å². The van der Waals surface area contributed by atoms with Crippen molar-refractivity contribution in [2.24, 2.45) is 10.7 Å². The number of hydrogen-bond acceptors (Lipinski definition) is 3. The molecule has 0 fully saturated rings. The Bertz CT molecular complexity index is 788. The Morgan fingerprint density at radius 3 is 2.44 bits per heavy atom. The molecular formula is C19H24F2IN3O2. The smallest absolute Gasteiger partial charge is 0.188 e. The quantitative estimate of drug-likeness (QED) is 0.351. The van der Waals surface area contributed by atoms with Crippen LogP contribution in [0.15, 0.2) is 41.4 Å². The number of guanidine groups is 1. The van der Waals surface area contributed by atoms with Gasteiger partial charge < -0.3 is 20.5 Å². The van der Waals surface area contributed by atoms with Crippen LogP contribution in [0, 0.1) is 11.6 Å². The zero-order valence-electron chi connectivity index (χ0n) is 15.5. The van der Waals surface area contributed by atoms with Gasteiger partial charge in [0.1, 0.15) is 11.6 Å². The molecule has 0 saturated heterocycles. The Balaban J connectivity index is 0.00000364. The van der Waals surface area contributed by atoms with Gasteiger partial charge >= 0.3 is 0 Å². The van der Waals surface area contributed by atoms with E-state index in [4.69, 9.17) is 15.2 Å². The third-order valence-corrected chi connectivity index (χ3v) is 3.96. The highest BCUT2D eigenvalue weighted by atomic mass is 127. The minimum Gasteiger partial charge on any atom is -0.493 e. The normalized spacial score (nSPS) is 12.1. The van der Waals surface area contributed by atoms with Gasteiger partial charge in [-0.05, 0) is 29.3 Å². The van der Waals surface area contributed by atoms with E-state index >= 15 is 0 Å². The highest BCUT2D eigenvalue weighted by Gasteiger charge is 2.12. The molecule has 0 aliphatic heterocycles. The van der Waals surface area contributed by atoms with Crippen molar-refractivity contribution in [3.05, 3.63) is 59.2 Å². The number of halogens is 3. The Morgan fingerprint density at radius 1 is 1.11 bits per heavy atom. The summed E-state index contributed by atoms with van der Waals surface area (Å²) in [5.41, 5.74) is 7.20. The van der Waals surface area contributed by atoms with Crippen LogP contribution in [0.5, 0.6) is 11.5 Å². The summed E-state index contributed by atoms with van der Waals surface area (Å²) in [5, 5.41) is 2.96.